The molecule has 1 N–H and O–H groups in total. The van der Waals surface area contributed by atoms with E-state index in [-0.39, 0.29) is 6.42 Å². The van der Waals surface area contributed by atoms with Gasteiger partial charge in [-0.25, -0.2) is 0 Å². The molecule has 16 heavy (non-hydrogen) atoms. The van der Waals surface area contributed by atoms with Crippen molar-refractivity contribution in [2.75, 3.05) is 0 Å². The Morgan fingerprint density at radius 3 is 3.00 bits per heavy atom. The third kappa shape index (κ3) is 2.09. The van der Waals surface area contributed by atoms with Crippen molar-refractivity contribution in [2.24, 2.45) is 7.05 Å². The molecule has 5 heteroatoms. The lowest BCUT2D eigenvalue weighted by atomic mass is 10.1. The van der Waals surface area contributed by atoms with Gasteiger partial charge >= 0.3 is 5.97 Å². The number of carbonyl (C=O) groups is 1. The molecule has 2 rings (SSSR count). The number of aliphatic carboxylic acids is 1. The van der Waals surface area contributed by atoms with E-state index in [0.29, 0.717) is 6.42 Å². The van der Waals surface area contributed by atoms with Crippen molar-refractivity contribution < 1.29 is 9.90 Å². The van der Waals surface area contributed by atoms with Crippen LogP contribution in [0.3, 0.4) is 0 Å². The molecule has 0 aliphatic heterocycles. The van der Waals surface area contributed by atoms with E-state index in [1.807, 2.05) is 25.2 Å². The predicted molar refractivity (Wildman–Crippen MR) is 64.4 cm³/mol. The van der Waals surface area contributed by atoms with Gasteiger partial charge < -0.3 is 5.11 Å². The van der Waals surface area contributed by atoms with Crippen LogP contribution in [-0.2, 0) is 18.3 Å². The van der Waals surface area contributed by atoms with Crippen molar-refractivity contribution in [1.29, 1.82) is 0 Å². The van der Waals surface area contributed by atoms with Gasteiger partial charge in [-0.05, 0) is 18.2 Å². The van der Waals surface area contributed by atoms with Crippen molar-refractivity contribution in [2.45, 2.75) is 12.8 Å². The predicted octanol–water partition coefficient (Wildman–Crippen LogP) is 2.35. The van der Waals surface area contributed by atoms with E-state index in [1.165, 1.54) is 0 Å². The molecule has 84 valence electrons. The highest BCUT2D eigenvalue weighted by molar-refractivity contribution is 9.10. The summed E-state index contributed by atoms with van der Waals surface area (Å²) in [4.78, 5) is 10.6. The minimum atomic E-state index is -0.788. The summed E-state index contributed by atoms with van der Waals surface area (Å²) in [5, 5.41) is 14.0. The lowest BCUT2D eigenvalue weighted by Gasteiger charge is -2.00. The van der Waals surface area contributed by atoms with Crippen molar-refractivity contribution in [3.05, 3.63) is 28.4 Å². The van der Waals surface area contributed by atoms with E-state index in [1.54, 1.807) is 4.68 Å². The van der Waals surface area contributed by atoms with Crippen molar-refractivity contribution in [3.63, 3.8) is 0 Å². The number of carboxylic acid groups (broad SMARTS) is 1. The highest BCUT2D eigenvalue weighted by Gasteiger charge is 2.10. The van der Waals surface area contributed by atoms with Crippen molar-refractivity contribution in [3.8, 4) is 0 Å². The van der Waals surface area contributed by atoms with Crippen LogP contribution in [0, 0.1) is 0 Å². The van der Waals surface area contributed by atoms with Crippen molar-refractivity contribution >= 4 is 32.8 Å². The number of halogens is 1. The normalized spacial score (nSPS) is 10.9. The molecule has 4 nitrogen and oxygen atoms in total. The van der Waals surface area contributed by atoms with E-state index in [9.17, 15) is 4.79 Å². The first kappa shape index (κ1) is 11.1. The van der Waals surface area contributed by atoms with Gasteiger partial charge in [0.15, 0.2) is 0 Å². The number of carboxylic acids is 1. The maximum Gasteiger partial charge on any atom is 0.303 e. The third-order valence-electron chi connectivity index (χ3n) is 2.49. The average molecular weight is 283 g/mol. The van der Waals surface area contributed by atoms with Crippen LogP contribution in [0.15, 0.2) is 22.7 Å². The van der Waals surface area contributed by atoms with Crippen molar-refractivity contribution in [1.82, 2.24) is 9.78 Å². The number of fused-ring (bicyclic) bond motifs is 1. The van der Waals surface area contributed by atoms with Crippen LogP contribution in [0.4, 0.5) is 0 Å². The van der Waals surface area contributed by atoms with Gasteiger partial charge in [0.1, 0.15) is 0 Å². The fraction of sp³-hybridized carbons (Fsp3) is 0.273. The third-order valence-corrected chi connectivity index (χ3v) is 2.99. The Balaban J connectivity index is 2.45. The molecule has 0 spiro atoms. The zero-order valence-corrected chi connectivity index (χ0v) is 10.4. The number of hydrogen-bond acceptors (Lipinski definition) is 2. The maximum atomic E-state index is 10.6. The molecule has 2 aromatic rings. The molecule has 1 aromatic carbocycles. The molecule has 0 aliphatic rings. The van der Waals surface area contributed by atoms with E-state index in [0.717, 1.165) is 21.1 Å². The van der Waals surface area contributed by atoms with Gasteiger partial charge in [-0.3, -0.25) is 9.48 Å². The zero-order valence-electron chi connectivity index (χ0n) is 8.77. The Labute approximate surface area is 101 Å². The van der Waals surface area contributed by atoms with Crippen LogP contribution in [-0.4, -0.2) is 20.9 Å². The van der Waals surface area contributed by atoms with Crippen LogP contribution >= 0.6 is 15.9 Å². The number of hydrogen-bond donors (Lipinski definition) is 1. The van der Waals surface area contributed by atoms with Gasteiger partial charge in [0.05, 0.1) is 11.9 Å². The highest BCUT2D eigenvalue weighted by Crippen LogP contribution is 2.23. The molecule has 1 aromatic heterocycles. The van der Waals surface area contributed by atoms with Crippen LogP contribution in [0.5, 0.6) is 0 Å². The fourth-order valence-corrected chi connectivity index (χ4v) is 2.11. The zero-order chi connectivity index (χ0) is 11.7. The van der Waals surface area contributed by atoms with Gasteiger partial charge in [-0.15, -0.1) is 0 Å². The van der Waals surface area contributed by atoms with E-state index in [4.69, 9.17) is 5.11 Å². The second-order valence-corrected chi connectivity index (χ2v) is 4.54. The lowest BCUT2D eigenvalue weighted by molar-refractivity contribution is -0.136. The Bertz CT molecular complexity index is 548. The van der Waals surface area contributed by atoms with Crippen LogP contribution in [0.2, 0.25) is 0 Å². The highest BCUT2D eigenvalue weighted by atomic mass is 79.9. The average Bonchev–Trinajstić information content (AvgIpc) is 2.51. The minimum Gasteiger partial charge on any atom is -0.481 e. The second kappa shape index (κ2) is 4.25. The van der Waals surface area contributed by atoms with Gasteiger partial charge in [0.25, 0.3) is 0 Å². The molecule has 0 saturated carbocycles. The summed E-state index contributed by atoms with van der Waals surface area (Å²) in [6.45, 7) is 0. The fourth-order valence-electron chi connectivity index (χ4n) is 1.74. The number of rotatable bonds is 3. The van der Waals surface area contributed by atoms with Gasteiger partial charge in [0.2, 0.25) is 0 Å². The molecular formula is C11H11BrN2O2. The lowest BCUT2D eigenvalue weighted by Crippen LogP contribution is -2.03. The first-order chi connectivity index (χ1) is 7.58. The Morgan fingerprint density at radius 2 is 2.31 bits per heavy atom. The minimum absolute atomic E-state index is 0.126. The first-order valence-corrected chi connectivity index (χ1v) is 5.70. The molecule has 0 saturated heterocycles. The quantitative estimate of drug-likeness (QED) is 0.940. The van der Waals surface area contributed by atoms with Crippen LogP contribution < -0.4 is 0 Å². The van der Waals surface area contributed by atoms with Crippen LogP contribution in [0.1, 0.15) is 12.1 Å². The summed E-state index contributed by atoms with van der Waals surface area (Å²) in [6, 6.07) is 5.82. The van der Waals surface area contributed by atoms with Gasteiger partial charge in [-0.1, -0.05) is 15.9 Å². The number of aromatic nitrogens is 2. The number of benzene rings is 1. The Morgan fingerprint density at radius 1 is 1.56 bits per heavy atom. The monoisotopic (exact) mass is 282 g/mol. The summed E-state index contributed by atoms with van der Waals surface area (Å²) in [7, 11) is 1.84. The smallest absolute Gasteiger partial charge is 0.303 e. The number of aryl methyl sites for hydroxylation is 2. The molecule has 0 amide bonds. The first-order valence-electron chi connectivity index (χ1n) is 4.91. The Hall–Kier alpha value is -1.36. The molecule has 0 aliphatic carbocycles. The second-order valence-electron chi connectivity index (χ2n) is 3.63. The molecule has 0 atom stereocenters. The van der Waals surface area contributed by atoms with E-state index < -0.39 is 5.97 Å². The summed E-state index contributed by atoms with van der Waals surface area (Å²) < 4.78 is 2.73. The van der Waals surface area contributed by atoms with E-state index >= 15 is 0 Å². The summed E-state index contributed by atoms with van der Waals surface area (Å²) in [5.41, 5.74) is 1.85. The molecule has 0 unspecified atom stereocenters. The van der Waals surface area contributed by atoms with Crippen LogP contribution in [0.25, 0.3) is 10.9 Å². The summed E-state index contributed by atoms with van der Waals surface area (Å²) in [5.74, 6) is -0.788. The molecule has 0 fully saturated rings. The molecule has 0 radical (unpaired) electrons. The molecular weight excluding hydrogens is 272 g/mol. The molecule has 1 heterocycles. The summed E-state index contributed by atoms with van der Waals surface area (Å²) >= 11 is 3.40. The topological polar surface area (TPSA) is 55.1 Å². The number of nitrogens with zero attached hydrogens (tertiary/aromatic N) is 2. The maximum absolute atomic E-state index is 10.6. The Kier molecular flexibility index (Phi) is 2.96. The summed E-state index contributed by atoms with van der Waals surface area (Å²) in [6.07, 6.45) is 0.625. The largest absolute Gasteiger partial charge is 0.481 e. The van der Waals surface area contributed by atoms with E-state index in [2.05, 4.69) is 21.0 Å². The molecule has 0 bridgehead atoms. The van der Waals surface area contributed by atoms with Gasteiger partial charge in [0, 0.05) is 29.0 Å². The SMILES string of the molecule is Cn1nc2ccc(Br)cc2c1CCC(=O)O. The van der Waals surface area contributed by atoms with Gasteiger partial charge in [-0.2, -0.15) is 5.10 Å². The standard InChI is InChI=1S/C11H11BrN2O2/c1-14-10(4-5-11(15)16)8-6-7(12)2-3-9(8)13-14/h2-3,6H,4-5H2,1H3,(H,15,16).